The summed E-state index contributed by atoms with van der Waals surface area (Å²) in [6, 6.07) is 9.63. The molecule has 0 bridgehead atoms. The van der Waals surface area contributed by atoms with Crippen LogP contribution < -0.4 is 5.32 Å². The Morgan fingerprint density at radius 2 is 2.06 bits per heavy atom. The fraction of sp³-hybridized carbons (Fsp3) is 0.600. The first-order valence-corrected chi connectivity index (χ1v) is 6.94. The maximum Gasteiger partial charge on any atom is 0.0237 e. The summed E-state index contributed by atoms with van der Waals surface area (Å²) in [5, 5.41) is 3.65. The van der Waals surface area contributed by atoms with Crippen LogP contribution in [-0.4, -0.2) is 30.6 Å². The minimum atomic E-state index is 0.731. The first kappa shape index (κ1) is 11.2. The minimum absolute atomic E-state index is 0.731. The van der Waals surface area contributed by atoms with Gasteiger partial charge in [-0.3, -0.25) is 4.90 Å². The third-order valence-corrected chi connectivity index (χ3v) is 4.10. The molecule has 3 rings (SSSR count). The van der Waals surface area contributed by atoms with Gasteiger partial charge in [0.15, 0.2) is 0 Å². The van der Waals surface area contributed by atoms with Crippen molar-refractivity contribution >= 4 is 0 Å². The summed E-state index contributed by atoms with van der Waals surface area (Å²) >= 11 is 0. The van der Waals surface area contributed by atoms with Gasteiger partial charge in [0.2, 0.25) is 0 Å². The molecule has 17 heavy (non-hydrogen) atoms. The van der Waals surface area contributed by atoms with E-state index in [1.165, 1.54) is 50.9 Å². The molecule has 2 heterocycles. The molecule has 1 N–H and O–H groups in total. The van der Waals surface area contributed by atoms with Crippen molar-refractivity contribution < 1.29 is 0 Å². The van der Waals surface area contributed by atoms with E-state index in [1.54, 1.807) is 5.56 Å². The van der Waals surface area contributed by atoms with E-state index in [0.717, 1.165) is 12.6 Å². The van der Waals surface area contributed by atoms with Gasteiger partial charge in [0.25, 0.3) is 0 Å². The van der Waals surface area contributed by atoms with Crippen molar-refractivity contribution in [3.05, 3.63) is 35.4 Å². The summed E-state index contributed by atoms with van der Waals surface area (Å²) in [5.41, 5.74) is 3.09. The van der Waals surface area contributed by atoms with Gasteiger partial charge in [0.05, 0.1) is 0 Å². The maximum atomic E-state index is 3.65. The number of benzene rings is 1. The molecule has 0 saturated carbocycles. The van der Waals surface area contributed by atoms with Crippen molar-refractivity contribution in [1.82, 2.24) is 10.2 Å². The second-order valence-corrected chi connectivity index (χ2v) is 5.40. The van der Waals surface area contributed by atoms with Crippen molar-refractivity contribution in [1.29, 1.82) is 0 Å². The van der Waals surface area contributed by atoms with Gasteiger partial charge in [-0.05, 0) is 36.9 Å². The van der Waals surface area contributed by atoms with Crippen LogP contribution in [0.4, 0.5) is 0 Å². The number of nitrogens with one attached hydrogen (secondary N) is 1. The number of fused-ring (bicyclic) bond motifs is 1. The average molecular weight is 230 g/mol. The average Bonchev–Trinajstić information content (AvgIpc) is 2.40. The zero-order chi connectivity index (χ0) is 11.5. The van der Waals surface area contributed by atoms with E-state index >= 15 is 0 Å². The Labute approximate surface area is 104 Å². The van der Waals surface area contributed by atoms with Gasteiger partial charge < -0.3 is 5.32 Å². The van der Waals surface area contributed by atoms with Gasteiger partial charge in [-0.25, -0.2) is 0 Å². The molecule has 2 aliphatic rings. The van der Waals surface area contributed by atoms with Crippen molar-refractivity contribution in [2.45, 2.75) is 38.3 Å². The van der Waals surface area contributed by atoms with Crippen LogP contribution in [0.2, 0.25) is 0 Å². The lowest BCUT2D eigenvalue weighted by molar-refractivity contribution is 0.209. The Balaban J connectivity index is 1.60. The van der Waals surface area contributed by atoms with E-state index in [0.29, 0.717) is 0 Å². The van der Waals surface area contributed by atoms with Gasteiger partial charge in [0.1, 0.15) is 0 Å². The highest BCUT2D eigenvalue weighted by atomic mass is 15.2. The van der Waals surface area contributed by atoms with Crippen molar-refractivity contribution in [2.75, 3.05) is 19.6 Å². The summed E-state index contributed by atoms with van der Waals surface area (Å²) in [7, 11) is 0. The number of nitrogens with zero attached hydrogens (tertiary/aromatic N) is 1. The molecule has 2 aliphatic heterocycles. The third-order valence-electron chi connectivity index (χ3n) is 4.10. The molecule has 92 valence electrons. The summed E-state index contributed by atoms with van der Waals surface area (Å²) in [6.45, 7) is 4.83. The molecule has 0 radical (unpaired) electrons. The molecule has 1 aromatic carbocycles. The predicted molar refractivity (Wildman–Crippen MR) is 71.1 cm³/mol. The lowest BCUT2D eigenvalue weighted by Crippen LogP contribution is -2.45. The van der Waals surface area contributed by atoms with E-state index in [4.69, 9.17) is 0 Å². The molecule has 1 unspecified atom stereocenters. The highest BCUT2D eigenvalue weighted by molar-refractivity contribution is 5.29. The summed E-state index contributed by atoms with van der Waals surface area (Å²) < 4.78 is 0. The van der Waals surface area contributed by atoms with Gasteiger partial charge in [-0.15, -0.1) is 0 Å². The summed E-state index contributed by atoms with van der Waals surface area (Å²) in [6.07, 6.45) is 5.35. The Bertz CT molecular complexity index is 369. The van der Waals surface area contributed by atoms with Crippen LogP contribution in [0.1, 0.15) is 30.4 Å². The number of rotatable bonds is 2. The molecule has 2 heteroatoms. The largest absolute Gasteiger partial charge is 0.313 e. The number of hydrogen-bond donors (Lipinski definition) is 1. The van der Waals surface area contributed by atoms with E-state index in [1.807, 2.05) is 0 Å². The fourth-order valence-corrected chi connectivity index (χ4v) is 3.10. The highest BCUT2D eigenvalue weighted by Crippen LogP contribution is 2.19. The smallest absolute Gasteiger partial charge is 0.0237 e. The molecule has 0 aromatic heterocycles. The zero-order valence-corrected chi connectivity index (χ0v) is 10.5. The van der Waals surface area contributed by atoms with Crippen LogP contribution in [0.15, 0.2) is 24.3 Å². The van der Waals surface area contributed by atoms with Crippen LogP contribution in [0.3, 0.4) is 0 Å². The Morgan fingerprint density at radius 1 is 1.18 bits per heavy atom. The normalized spacial score (nSPS) is 25.5. The lowest BCUT2D eigenvalue weighted by atomic mass is 9.98. The van der Waals surface area contributed by atoms with Crippen LogP contribution in [0.5, 0.6) is 0 Å². The van der Waals surface area contributed by atoms with Gasteiger partial charge >= 0.3 is 0 Å². The minimum Gasteiger partial charge on any atom is -0.313 e. The molecule has 1 saturated heterocycles. The molecular weight excluding hydrogens is 208 g/mol. The van der Waals surface area contributed by atoms with Crippen LogP contribution in [0, 0.1) is 0 Å². The quantitative estimate of drug-likeness (QED) is 0.838. The third kappa shape index (κ3) is 2.70. The molecule has 0 aliphatic carbocycles. The molecule has 0 spiro atoms. The predicted octanol–water partition coefficient (Wildman–Crippen LogP) is 2.19. The van der Waals surface area contributed by atoms with Crippen LogP contribution in [0.25, 0.3) is 0 Å². The molecule has 1 atom stereocenters. The molecule has 1 aromatic rings. The van der Waals surface area contributed by atoms with Crippen molar-refractivity contribution in [3.8, 4) is 0 Å². The first-order valence-electron chi connectivity index (χ1n) is 6.94. The SMILES string of the molecule is c1ccc2c(c1)CCN(CC1CCCCN1)C2. The summed E-state index contributed by atoms with van der Waals surface area (Å²) in [4.78, 5) is 2.62. The van der Waals surface area contributed by atoms with E-state index in [-0.39, 0.29) is 0 Å². The monoisotopic (exact) mass is 230 g/mol. The standard InChI is InChI=1S/C15H22N2/c1-2-6-14-11-17(10-8-13(14)5-1)12-15-7-3-4-9-16-15/h1-2,5-6,15-16H,3-4,7-12H2. The zero-order valence-electron chi connectivity index (χ0n) is 10.5. The first-order chi connectivity index (χ1) is 8.42. The number of piperidine rings is 1. The van der Waals surface area contributed by atoms with E-state index in [9.17, 15) is 0 Å². The van der Waals surface area contributed by atoms with Crippen LogP contribution >= 0.6 is 0 Å². The van der Waals surface area contributed by atoms with Gasteiger partial charge in [0, 0.05) is 25.7 Å². The Hall–Kier alpha value is -0.860. The number of hydrogen-bond acceptors (Lipinski definition) is 2. The van der Waals surface area contributed by atoms with E-state index < -0.39 is 0 Å². The molecular formula is C15H22N2. The van der Waals surface area contributed by atoms with Crippen molar-refractivity contribution in [2.24, 2.45) is 0 Å². The highest BCUT2D eigenvalue weighted by Gasteiger charge is 2.20. The van der Waals surface area contributed by atoms with Crippen LogP contribution in [-0.2, 0) is 13.0 Å². The lowest BCUT2D eigenvalue weighted by Gasteiger charge is -2.33. The topological polar surface area (TPSA) is 15.3 Å². The Morgan fingerprint density at radius 3 is 2.88 bits per heavy atom. The fourth-order valence-electron chi connectivity index (χ4n) is 3.10. The Kier molecular flexibility index (Phi) is 3.44. The summed E-state index contributed by atoms with van der Waals surface area (Å²) in [5.74, 6) is 0. The molecule has 1 fully saturated rings. The molecule has 0 amide bonds. The van der Waals surface area contributed by atoms with E-state index in [2.05, 4.69) is 34.5 Å². The second-order valence-electron chi connectivity index (χ2n) is 5.40. The van der Waals surface area contributed by atoms with Gasteiger partial charge in [-0.2, -0.15) is 0 Å². The second kappa shape index (κ2) is 5.19. The van der Waals surface area contributed by atoms with Gasteiger partial charge in [-0.1, -0.05) is 30.7 Å². The van der Waals surface area contributed by atoms with Crippen molar-refractivity contribution in [3.63, 3.8) is 0 Å². The molecule has 2 nitrogen and oxygen atoms in total. The maximum absolute atomic E-state index is 3.65.